The second-order valence-corrected chi connectivity index (χ2v) is 7.49. The lowest BCUT2D eigenvalue weighted by atomic mass is 9.97. The van der Waals surface area contributed by atoms with Crippen LogP contribution in [-0.4, -0.2) is 51.2 Å². The second kappa shape index (κ2) is 9.19. The van der Waals surface area contributed by atoms with Crippen molar-refractivity contribution in [2.75, 3.05) is 32.0 Å². The lowest BCUT2D eigenvalue weighted by molar-refractivity contribution is 0.0862. The number of benzene rings is 1. The number of ketones is 1. The summed E-state index contributed by atoms with van der Waals surface area (Å²) < 4.78 is 2.36. The van der Waals surface area contributed by atoms with Gasteiger partial charge in [-0.3, -0.25) is 23.6 Å². The van der Waals surface area contributed by atoms with Crippen molar-refractivity contribution >= 4 is 11.6 Å². The number of likely N-dealkylation sites (tertiary alicyclic amines) is 1. The van der Waals surface area contributed by atoms with E-state index >= 15 is 0 Å². The van der Waals surface area contributed by atoms with Crippen LogP contribution in [0.2, 0.25) is 0 Å². The van der Waals surface area contributed by atoms with Gasteiger partial charge in [0, 0.05) is 13.2 Å². The van der Waals surface area contributed by atoms with E-state index in [0.29, 0.717) is 13.1 Å². The van der Waals surface area contributed by atoms with Crippen LogP contribution in [0.1, 0.15) is 35.7 Å². The van der Waals surface area contributed by atoms with Gasteiger partial charge in [-0.2, -0.15) is 0 Å². The van der Waals surface area contributed by atoms with Crippen LogP contribution in [0.3, 0.4) is 0 Å². The summed E-state index contributed by atoms with van der Waals surface area (Å²) >= 11 is 0. The van der Waals surface area contributed by atoms with Crippen LogP contribution >= 0.6 is 0 Å². The molecule has 29 heavy (non-hydrogen) atoms. The Kier molecular flexibility index (Phi) is 6.66. The van der Waals surface area contributed by atoms with Crippen molar-refractivity contribution in [2.45, 2.75) is 32.9 Å². The number of aliphatic hydroxyl groups excluding tert-OH is 1. The van der Waals surface area contributed by atoms with E-state index in [1.54, 1.807) is 6.92 Å². The van der Waals surface area contributed by atoms with Crippen LogP contribution in [0.5, 0.6) is 0 Å². The Hall–Kier alpha value is -2.71. The fourth-order valence-electron chi connectivity index (χ4n) is 3.78. The number of aliphatic hydroxyl groups is 1. The van der Waals surface area contributed by atoms with E-state index in [9.17, 15) is 19.5 Å². The Labute approximate surface area is 169 Å². The number of carbonyl (C=O) groups excluding carboxylic acids is 1. The first kappa shape index (κ1) is 21.0. The van der Waals surface area contributed by atoms with Crippen molar-refractivity contribution in [1.29, 1.82) is 0 Å². The molecule has 1 fully saturated rings. The van der Waals surface area contributed by atoms with Crippen molar-refractivity contribution in [3.05, 3.63) is 62.3 Å². The summed E-state index contributed by atoms with van der Waals surface area (Å²) in [4.78, 5) is 40.6. The number of hydrogen-bond donors (Lipinski definition) is 2. The zero-order valence-electron chi connectivity index (χ0n) is 16.7. The van der Waals surface area contributed by atoms with Gasteiger partial charge in [-0.15, -0.1) is 0 Å². The highest BCUT2D eigenvalue weighted by Gasteiger charge is 2.26. The van der Waals surface area contributed by atoms with Crippen molar-refractivity contribution in [3.8, 4) is 0 Å². The normalized spacial score (nSPS) is 15.5. The van der Waals surface area contributed by atoms with Gasteiger partial charge in [-0.05, 0) is 44.3 Å². The molecule has 0 radical (unpaired) electrons. The van der Waals surface area contributed by atoms with Gasteiger partial charge in [0.25, 0.3) is 5.56 Å². The van der Waals surface area contributed by atoms with E-state index in [0.717, 1.165) is 23.0 Å². The summed E-state index contributed by atoms with van der Waals surface area (Å²) in [6, 6.07) is 9.31. The minimum absolute atomic E-state index is 0.0742. The summed E-state index contributed by atoms with van der Waals surface area (Å²) in [7, 11) is 0. The molecule has 0 amide bonds. The van der Waals surface area contributed by atoms with Crippen LogP contribution in [0, 0.1) is 5.92 Å². The fourth-order valence-corrected chi connectivity index (χ4v) is 3.78. The molecular formula is C21H28N4O4. The van der Waals surface area contributed by atoms with Crippen molar-refractivity contribution in [3.63, 3.8) is 0 Å². The van der Waals surface area contributed by atoms with Crippen LogP contribution in [0.4, 0.5) is 5.82 Å². The zero-order valence-corrected chi connectivity index (χ0v) is 16.7. The van der Waals surface area contributed by atoms with Crippen LogP contribution < -0.4 is 17.0 Å². The Bertz CT molecular complexity index is 973. The van der Waals surface area contributed by atoms with Crippen molar-refractivity contribution in [1.82, 2.24) is 14.0 Å². The third-order valence-electron chi connectivity index (χ3n) is 5.58. The van der Waals surface area contributed by atoms with Gasteiger partial charge in [0.05, 0.1) is 13.1 Å². The largest absolute Gasteiger partial charge is 0.396 e. The molecule has 1 aromatic heterocycles. The highest BCUT2D eigenvalue weighted by Crippen LogP contribution is 2.17. The number of nitrogens with two attached hydrogens (primary N) is 1. The molecule has 8 heteroatoms. The number of Topliss-reactive ketones (excluding diaryl/α,β-unsaturated/α-hetero) is 1. The first-order valence-corrected chi connectivity index (χ1v) is 9.99. The predicted octanol–water partition coefficient (Wildman–Crippen LogP) is 0.547. The van der Waals surface area contributed by atoms with Gasteiger partial charge >= 0.3 is 5.69 Å². The molecule has 1 aliphatic heterocycles. The van der Waals surface area contributed by atoms with Crippen LogP contribution in [0.15, 0.2) is 39.9 Å². The monoisotopic (exact) mass is 400 g/mol. The maximum absolute atomic E-state index is 13.0. The van der Waals surface area contributed by atoms with E-state index in [1.165, 1.54) is 4.57 Å². The number of anilines is 1. The third-order valence-corrected chi connectivity index (χ3v) is 5.58. The molecule has 0 aliphatic carbocycles. The summed E-state index contributed by atoms with van der Waals surface area (Å²) in [6.07, 6.45) is 1.62. The van der Waals surface area contributed by atoms with Gasteiger partial charge < -0.3 is 10.8 Å². The lowest BCUT2D eigenvalue weighted by Crippen LogP contribution is -2.46. The lowest BCUT2D eigenvalue weighted by Gasteiger charge is -2.30. The van der Waals surface area contributed by atoms with Crippen LogP contribution in [0.25, 0.3) is 0 Å². The number of rotatable bonds is 7. The molecule has 8 nitrogen and oxygen atoms in total. The van der Waals surface area contributed by atoms with E-state index in [1.807, 2.05) is 35.2 Å². The van der Waals surface area contributed by atoms with Gasteiger partial charge in [0.15, 0.2) is 5.78 Å². The Morgan fingerprint density at radius 2 is 1.79 bits per heavy atom. The molecule has 1 aliphatic rings. The molecule has 0 spiro atoms. The van der Waals surface area contributed by atoms with E-state index in [-0.39, 0.29) is 49.3 Å². The molecular weight excluding hydrogens is 372 g/mol. The van der Waals surface area contributed by atoms with Gasteiger partial charge in [-0.1, -0.05) is 30.3 Å². The number of nitrogens with zero attached hydrogens (tertiary/aromatic N) is 3. The first-order valence-electron chi connectivity index (χ1n) is 9.99. The number of carbonyl (C=O) groups is 1. The fraction of sp³-hybridized carbons (Fsp3) is 0.476. The Morgan fingerprint density at radius 1 is 1.14 bits per heavy atom. The minimum atomic E-state index is -0.630. The molecule has 156 valence electrons. The molecule has 3 rings (SSSR count). The number of hydrogen-bond acceptors (Lipinski definition) is 6. The summed E-state index contributed by atoms with van der Waals surface area (Å²) in [5, 5.41) is 9.27. The molecule has 0 unspecified atom stereocenters. The van der Waals surface area contributed by atoms with Gasteiger partial charge in [0.1, 0.15) is 11.4 Å². The first-order chi connectivity index (χ1) is 14.0. The molecule has 0 atom stereocenters. The molecule has 1 saturated heterocycles. The van der Waals surface area contributed by atoms with Gasteiger partial charge in [0.2, 0.25) is 0 Å². The quantitative estimate of drug-likeness (QED) is 0.657. The maximum Gasteiger partial charge on any atom is 0.332 e. The van der Waals surface area contributed by atoms with E-state index in [4.69, 9.17) is 5.73 Å². The molecule has 1 aromatic carbocycles. The topological polar surface area (TPSA) is 111 Å². The molecule has 2 heterocycles. The standard InChI is InChI=1S/C21H28N4O4/c1-2-24-20(28)18(17(27)13-23-10-8-16(14-26)9-11-23)19(22)25(21(24)29)12-15-6-4-3-5-7-15/h3-7,16,26H,2,8-14,22H2,1H3. The average Bonchev–Trinajstić information content (AvgIpc) is 2.73. The molecule has 3 N–H and O–H groups in total. The zero-order chi connectivity index (χ0) is 21.0. The van der Waals surface area contributed by atoms with Crippen LogP contribution in [-0.2, 0) is 13.1 Å². The molecule has 0 saturated carbocycles. The highest BCUT2D eigenvalue weighted by atomic mass is 16.3. The van der Waals surface area contributed by atoms with E-state index < -0.39 is 11.2 Å². The summed E-state index contributed by atoms with van der Waals surface area (Å²) in [6.45, 7) is 3.64. The number of piperidine rings is 1. The van der Waals surface area contributed by atoms with Crippen molar-refractivity contribution < 1.29 is 9.90 Å². The van der Waals surface area contributed by atoms with Crippen molar-refractivity contribution in [2.24, 2.45) is 5.92 Å². The highest BCUT2D eigenvalue weighted by molar-refractivity contribution is 6.01. The SMILES string of the molecule is CCn1c(=O)c(C(=O)CN2CCC(CO)CC2)c(N)n(Cc2ccccc2)c1=O. The predicted molar refractivity (Wildman–Crippen MR) is 111 cm³/mol. The summed E-state index contributed by atoms with van der Waals surface area (Å²) in [5.74, 6) is -0.195. The van der Waals surface area contributed by atoms with E-state index in [2.05, 4.69) is 0 Å². The average molecular weight is 400 g/mol. The number of nitrogen functional groups attached to an aromatic ring is 1. The Balaban J connectivity index is 1.93. The molecule has 0 bridgehead atoms. The minimum Gasteiger partial charge on any atom is -0.396 e. The molecule has 2 aromatic rings. The third kappa shape index (κ3) is 4.49. The number of aromatic nitrogens is 2. The maximum atomic E-state index is 13.0. The second-order valence-electron chi connectivity index (χ2n) is 7.49. The van der Waals surface area contributed by atoms with Gasteiger partial charge in [-0.25, -0.2) is 4.79 Å². The summed E-state index contributed by atoms with van der Waals surface area (Å²) in [5.41, 5.74) is 5.77. The Morgan fingerprint density at radius 3 is 2.38 bits per heavy atom. The smallest absolute Gasteiger partial charge is 0.332 e.